The van der Waals surface area contributed by atoms with Crippen molar-refractivity contribution < 1.29 is 9.47 Å². The number of hydrogen-bond acceptors (Lipinski definition) is 10. The molecule has 3 aliphatic rings. The minimum absolute atomic E-state index is 0.0542. The van der Waals surface area contributed by atoms with Gasteiger partial charge in [-0.3, -0.25) is 10.6 Å². The van der Waals surface area contributed by atoms with Gasteiger partial charge in [0.05, 0.1) is 20.3 Å². The van der Waals surface area contributed by atoms with Crippen molar-refractivity contribution in [3.8, 4) is 5.75 Å². The van der Waals surface area contributed by atoms with Crippen LogP contribution in [0.4, 0.5) is 5.69 Å². The number of rotatable bonds is 4. The first kappa shape index (κ1) is 23.6. The van der Waals surface area contributed by atoms with Crippen LogP contribution in [-0.4, -0.2) is 78.2 Å². The van der Waals surface area contributed by atoms with Gasteiger partial charge in [-0.15, -0.1) is 0 Å². The largest absolute Gasteiger partial charge is 0.497 e. The van der Waals surface area contributed by atoms with Crippen LogP contribution in [0.1, 0.15) is 40.5 Å². The number of aliphatic imine (C=N–C) groups is 2. The molecule has 0 aromatic heterocycles. The van der Waals surface area contributed by atoms with Gasteiger partial charge in [0.1, 0.15) is 5.75 Å². The average Bonchev–Trinajstić information content (AvgIpc) is 2.72. The second-order valence-corrected chi connectivity index (χ2v) is 10.4. The van der Waals surface area contributed by atoms with Crippen LogP contribution >= 0.6 is 0 Å². The molecule has 0 radical (unpaired) electrons. The van der Waals surface area contributed by atoms with Gasteiger partial charge in [-0.05, 0) is 64.8 Å². The van der Waals surface area contributed by atoms with Crippen molar-refractivity contribution in [3.63, 3.8) is 0 Å². The summed E-state index contributed by atoms with van der Waals surface area (Å²) in [6.45, 7) is 11.6. The van der Waals surface area contributed by atoms with E-state index in [1.165, 1.54) is 0 Å². The van der Waals surface area contributed by atoms with Gasteiger partial charge >= 0.3 is 0 Å². The fraction of sp³-hybridized carbons (Fsp3) is 0.652. The lowest BCUT2D eigenvalue weighted by molar-refractivity contribution is 0.0578. The maximum absolute atomic E-state index is 6.65. The SMILES string of the molecule is COc1ccc(NC2(N)N=C(N)N(C3CC(C)(C)NC(C)(C)C3)C(N3CCOCC3)=N2)cc1. The molecule has 3 heterocycles. The maximum atomic E-state index is 6.65. The highest BCUT2D eigenvalue weighted by Crippen LogP contribution is 2.33. The molecule has 4 rings (SSSR count). The van der Waals surface area contributed by atoms with E-state index >= 15 is 0 Å². The number of nitrogens with one attached hydrogen (secondary N) is 2. The van der Waals surface area contributed by atoms with Crippen molar-refractivity contribution in [2.45, 2.75) is 63.6 Å². The minimum atomic E-state index is -1.42. The number of nitrogens with two attached hydrogens (primary N) is 2. The molecule has 1 unspecified atom stereocenters. The lowest BCUT2D eigenvalue weighted by atomic mass is 9.79. The number of guanidine groups is 2. The predicted octanol–water partition coefficient (Wildman–Crippen LogP) is 1.30. The lowest BCUT2D eigenvalue weighted by Crippen LogP contribution is -2.68. The number of nitrogens with zero attached hydrogens (tertiary/aromatic N) is 4. The summed E-state index contributed by atoms with van der Waals surface area (Å²) >= 11 is 0. The Hall–Kier alpha value is -2.56. The molecular formula is C23H38N8O2. The van der Waals surface area contributed by atoms with Gasteiger partial charge in [-0.25, -0.2) is 0 Å². The third kappa shape index (κ3) is 5.34. The van der Waals surface area contributed by atoms with Crippen molar-refractivity contribution in [1.29, 1.82) is 0 Å². The van der Waals surface area contributed by atoms with Crippen LogP contribution < -0.4 is 26.8 Å². The molecule has 10 nitrogen and oxygen atoms in total. The highest BCUT2D eigenvalue weighted by atomic mass is 16.5. The van der Waals surface area contributed by atoms with E-state index in [0.717, 1.165) is 43.3 Å². The predicted molar refractivity (Wildman–Crippen MR) is 131 cm³/mol. The van der Waals surface area contributed by atoms with Crippen molar-refractivity contribution >= 4 is 17.6 Å². The maximum Gasteiger partial charge on any atom is 0.290 e. The van der Waals surface area contributed by atoms with Crippen LogP contribution in [0.3, 0.4) is 0 Å². The normalized spacial score (nSPS) is 27.6. The Morgan fingerprint density at radius 1 is 1.06 bits per heavy atom. The highest BCUT2D eigenvalue weighted by Gasteiger charge is 2.45. The third-order valence-corrected chi connectivity index (χ3v) is 6.26. The number of hydrogen-bond donors (Lipinski definition) is 4. The van der Waals surface area contributed by atoms with Gasteiger partial charge in [0.15, 0.2) is 0 Å². The van der Waals surface area contributed by atoms with Crippen molar-refractivity contribution in [3.05, 3.63) is 24.3 Å². The molecule has 2 fully saturated rings. The Morgan fingerprint density at radius 3 is 2.24 bits per heavy atom. The molecule has 0 aliphatic carbocycles. The number of anilines is 1. The van der Waals surface area contributed by atoms with Crippen LogP contribution in [0.25, 0.3) is 0 Å². The van der Waals surface area contributed by atoms with Crippen molar-refractivity contribution in [2.24, 2.45) is 21.5 Å². The Kier molecular flexibility index (Phi) is 6.19. The van der Waals surface area contributed by atoms with Crippen molar-refractivity contribution in [1.82, 2.24) is 15.1 Å². The molecule has 2 saturated heterocycles. The number of ether oxygens (including phenoxy) is 2. The summed E-state index contributed by atoms with van der Waals surface area (Å²) in [5, 5.41) is 6.97. The molecule has 0 spiro atoms. The monoisotopic (exact) mass is 458 g/mol. The summed E-state index contributed by atoms with van der Waals surface area (Å²) in [5.41, 5.74) is 14.0. The van der Waals surface area contributed by atoms with Gasteiger partial charge in [-0.1, -0.05) is 0 Å². The first-order valence-electron chi connectivity index (χ1n) is 11.6. The van der Waals surface area contributed by atoms with Crippen molar-refractivity contribution in [2.75, 3.05) is 38.7 Å². The molecule has 1 atom stereocenters. The molecule has 0 bridgehead atoms. The molecular weight excluding hydrogens is 420 g/mol. The standard InChI is InChI=1S/C23H38N8O2/c1-21(2)14-17(15-22(3,4)29-21)31-19(24)27-23(25,26-16-6-8-18(32-5)9-7-16)28-20(31)30-10-12-33-13-11-30/h6-9,17,26,29H,10-15,25H2,1-5H3,(H2,24,27). The number of methoxy groups -OCH3 is 1. The van der Waals surface area contributed by atoms with Crippen LogP contribution in [0.2, 0.25) is 0 Å². The van der Waals surface area contributed by atoms with E-state index in [0.29, 0.717) is 19.2 Å². The van der Waals surface area contributed by atoms with Crippen LogP contribution in [0.15, 0.2) is 34.3 Å². The van der Waals surface area contributed by atoms with E-state index in [1.807, 2.05) is 24.3 Å². The Morgan fingerprint density at radius 2 is 1.67 bits per heavy atom. The second-order valence-electron chi connectivity index (χ2n) is 10.4. The summed E-state index contributed by atoms with van der Waals surface area (Å²) in [6.07, 6.45) is 1.80. The van der Waals surface area contributed by atoms with E-state index in [4.69, 9.17) is 25.9 Å². The molecule has 1 aromatic rings. The summed E-state index contributed by atoms with van der Waals surface area (Å²) in [5.74, 6) is 0.459. The summed E-state index contributed by atoms with van der Waals surface area (Å²) in [7, 11) is 1.63. The Bertz CT molecular complexity index is 892. The van der Waals surface area contributed by atoms with Crippen LogP contribution in [0, 0.1) is 0 Å². The molecule has 33 heavy (non-hydrogen) atoms. The topological polar surface area (TPSA) is 126 Å². The lowest BCUT2D eigenvalue weighted by Gasteiger charge is -2.52. The number of piperidine rings is 1. The van der Waals surface area contributed by atoms with Gasteiger partial charge in [-0.2, -0.15) is 9.98 Å². The molecule has 3 aliphatic heterocycles. The molecule has 0 amide bonds. The zero-order chi connectivity index (χ0) is 23.9. The molecule has 10 heteroatoms. The first-order valence-corrected chi connectivity index (χ1v) is 11.6. The smallest absolute Gasteiger partial charge is 0.290 e. The van der Waals surface area contributed by atoms with E-state index in [-0.39, 0.29) is 17.1 Å². The van der Waals surface area contributed by atoms with Crippen LogP contribution in [0.5, 0.6) is 5.75 Å². The number of morpholine rings is 1. The fourth-order valence-electron chi connectivity index (χ4n) is 5.29. The fourth-order valence-corrected chi connectivity index (χ4v) is 5.29. The average molecular weight is 459 g/mol. The van der Waals surface area contributed by atoms with Gasteiger partial charge in [0, 0.05) is 35.9 Å². The van der Waals surface area contributed by atoms with Gasteiger partial charge in [0.25, 0.3) is 5.91 Å². The molecule has 0 saturated carbocycles. The first-order chi connectivity index (χ1) is 15.5. The third-order valence-electron chi connectivity index (χ3n) is 6.26. The quantitative estimate of drug-likeness (QED) is 0.498. The van der Waals surface area contributed by atoms with Gasteiger partial charge < -0.3 is 30.7 Å². The zero-order valence-electron chi connectivity index (χ0n) is 20.4. The van der Waals surface area contributed by atoms with E-state index in [1.54, 1.807) is 7.11 Å². The highest BCUT2D eigenvalue weighted by molar-refractivity contribution is 6.00. The van der Waals surface area contributed by atoms with E-state index in [9.17, 15) is 0 Å². The zero-order valence-corrected chi connectivity index (χ0v) is 20.4. The Labute approximate surface area is 196 Å². The Balaban J connectivity index is 1.68. The molecule has 6 N–H and O–H groups in total. The molecule has 1 aromatic carbocycles. The number of benzene rings is 1. The summed E-state index contributed by atoms with van der Waals surface area (Å²) in [4.78, 5) is 13.9. The van der Waals surface area contributed by atoms with Crippen LogP contribution in [-0.2, 0) is 4.74 Å². The minimum Gasteiger partial charge on any atom is -0.497 e. The summed E-state index contributed by atoms with van der Waals surface area (Å²) in [6, 6.07) is 7.62. The second kappa shape index (κ2) is 8.66. The van der Waals surface area contributed by atoms with E-state index in [2.05, 4.69) is 53.1 Å². The summed E-state index contributed by atoms with van der Waals surface area (Å²) < 4.78 is 10.8. The van der Waals surface area contributed by atoms with E-state index < -0.39 is 5.91 Å². The molecule has 182 valence electrons. The van der Waals surface area contributed by atoms with Gasteiger partial charge in [0.2, 0.25) is 11.9 Å².